The number of aromatic nitrogens is 2. The summed E-state index contributed by atoms with van der Waals surface area (Å²) in [4.78, 5) is 4.63. The van der Waals surface area contributed by atoms with Gasteiger partial charge >= 0.3 is 0 Å². The monoisotopic (exact) mass is 285 g/mol. The Labute approximate surface area is 126 Å². The molecule has 0 aliphatic heterocycles. The molecule has 2 unspecified atom stereocenters. The number of aryl methyl sites for hydroxylation is 2. The fraction of sp³-hybridized carbons (Fsp3) is 0.529. The van der Waals surface area contributed by atoms with Crippen LogP contribution in [0.25, 0.3) is 0 Å². The Hall–Kier alpha value is -1.68. The second kappa shape index (κ2) is 6.39. The number of hydrogen-bond donors (Lipinski definition) is 1. The summed E-state index contributed by atoms with van der Waals surface area (Å²) in [5, 5.41) is 7.46. The number of hydrogen-bond acceptors (Lipinski definition) is 4. The van der Waals surface area contributed by atoms with Crippen LogP contribution in [0.4, 0.5) is 0 Å². The molecule has 1 aromatic heterocycles. The van der Waals surface area contributed by atoms with Crippen molar-refractivity contribution in [3.05, 3.63) is 47.1 Å². The second-order valence-electron chi connectivity index (χ2n) is 5.92. The number of fused-ring (bicyclic) bond motifs is 1. The number of nitrogens with one attached hydrogen (secondary N) is 1. The van der Waals surface area contributed by atoms with Gasteiger partial charge in [0.25, 0.3) is 0 Å². The summed E-state index contributed by atoms with van der Waals surface area (Å²) in [5.41, 5.74) is 2.81. The Morgan fingerprint density at radius 2 is 2.24 bits per heavy atom. The van der Waals surface area contributed by atoms with Crippen molar-refractivity contribution in [1.29, 1.82) is 0 Å². The molecule has 112 valence electrons. The minimum absolute atomic E-state index is 0.300. The molecule has 0 amide bonds. The molecule has 21 heavy (non-hydrogen) atoms. The Balaban J connectivity index is 1.75. The van der Waals surface area contributed by atoms with E-state index in [0.29, 0.717) is 12.0 Å². The van der Waals surface area contributed by atoms with E-state index in [0.717, 1.165) is 37.4 Å². The second-order valence-corrected chi connectivity index (χ2v) is 5.92. The van der Waals surface area contributed by atoms with E-state index in [9.17, 15) is 0 Å². The van der Waals surface area contributed by atoms with Crippen molar-refractivity contribution < 1.29 is 4.52 Å². The first-order valence-electron chi connectivity index (χ1n) is 7.85. The Bertz CT molecular complexity index is 593. The highest BCUT2D eigenvalue weighted by Crippen LogP contribution is 2.35. The van der Waals surface area contributed by atoms with Crippen LogP contribution >= 0.6 is 0 Å². The average Bonchev–Trinajstić information content (AvgIpc) is 3.00. The molecule has 0 radical (unpaired) electrons. The number of benzene rings is 1. The maximum Gasteiger partial charge on any atom is 0.226 e. The molecule has 0 saturated heterocycles. The minimum Gasteiger partial charge on any atom is -0.339 e. The van der Waals surface area contributed by atoms with Gasteiger partial charge in [0.05, 0.1) is 0 Å². The third-order valence-electron chi connectivity index (χ3n) is 4.45. The van der Waals surface area contributed by atoms with Gasteiger partial charge in [0, 0.05) is 18.4 Å². The van der Waals surface area contributed by atoms with E-state index in [-0.39, 0.29) is 0 Å². The number of rotatable bonds is 5. The third-order valence-corrected chi connectivity index (χ3v) is 4.45. The van der Waals surface area contributed by atoms with Crippen LogP contribution in [0.1, 0.15) is 54.9 Å². The molecular weight excluding hydrogens is 262 g/mol. The molecule has 1 aliphatic carbocycles. The SMILES string of the molecule is CNC(C)CCc1nc(C2CCCc3ccccc32)no1. The summed E-state index contributed by atoms with van der Waals surface area (Å²) in [6, 6.07) is 9.11. The summed E-state index contributed by atoms with van der Waals surface area (Å²) < 4.78 is 5.44. The highest BCUT2D eigenvalue weighted by atomic mass is 16.5. The fourth-order valence-corrected chi connectivity index (χ4v) is 3.02. The normalized spacial score (nSPS) is 19.2. The standard InChI is InChI=1S/C17H23N3O/c1-12(18-2)10-11-16-19-17(20-21-16)15-9-5-7-13-6-3-4-8-14(13)15/h3-4,6,8,12,15,18H,5,7,9-11H2,1-2H3. The van der Waals surface area contributed by atoms with Crippen LogP contribution in [-0.2, 0) is 12.8 Å². The van der Waals surface area contributed by atoms with Crippen molar-refractivity contribution in [2.45, 2.75) is 51.0 Å². The predicted octanol–water partition coefficient (Wildman–Crippen LogP) is 3.08. The lowest BCUT2D eigenvalue weighted by molar-refractivity contribution is 0.361. The largest absolute Gasteiger partial charge is 0.339 e. The first kappa shape index (κ1) is 14.3. The molecule has 1 aromatic carbocycles. The van der Waals surface area contributed by atoms with Gasteiger partial charge in [-0.3, -0.25) is 0 Å². The van der Waals surface area contributed by atoms with E-state index in [1.54, 1.807) is 0 Å². The predicted molar refractivity (Wildman–Crippen MR) is 82.4 cm³/mol. The first-order valence-corrected chi connectivity index (χ1v) is 7.85. The lowest BCUT2D eigenvalue weighted by Gasteiger charge is -2.22. The van der Waals surface area contributed by atoms with Gasteiger partial charge in [-0.1, -0.05) is 29.4 Å². The fourth-order valence-electron chi connectivity index (χ4n) is 3.02. The van der Waals surface area contributed by atoms with E-state index in [4.69, 9.17) is 4.52 Å². The molecule has 3 rings (SSSR count). The van der Waals surface area contributed by atoms with E-state index >= 15 is 0 Å². The molecule has 1 heterocycles. The molecule has 0 bridgehead atoms. The average molecular weight is 285 g/mol. The van der Waals surface area contributed by atoms with Crippen LogP contribution in [0.5, 0.6) is 0 Å². The van der Waals surface area contributed by atoms with Gasteiger partial charge in [0.2, 0.25) is 5.89 Å². The maximum absolute atomic E-state index is 5.44. The summed E-state index contributed by atoms with van der Waals surface area (Å²) in [6.07, 6.45) is 5.32. The van der Waals surface area contributed by atoms with Crippen molar-refractivity contribution in [3.8, 4) is 0 Å². The molecule has 0 saturated carbocycles. The van der Waals surface area contributed by atoms with Crippen molar-refractivity contribution in [2.75, 3.05) is 7.05 Å². The Kier molecular flexibility index (Phi) is 4.34. The lowest BCUT2D eigenvalue weighted by atomic mass is 9.82. The van der Waals surface area contributed by atoms with Gasteiger partial charge in [-0.15, -0.1) is 0 Å². The zero-order chi connectivity index (χ0) is 14.7. The molecule has 0 fully saturated rings. The Morgan fingerprint density at radius 1 is 1.38 bits per heavy atom. The van der Waals surface area contributed by atoms with Crippen LogP contribution in [-0.4, -0.2) is 23.2 Å². The highest BCUT2D eigenvalue weighted by molar-refractivity contribution is 5.36. The molecule has 4 heteroatoms. The zero-order valence-corrected chi connectivity index (χ0v) is 12.8. The van der Waals surface area contributed by atoms with Gasteiger partial charge in [0.1, 0.15) is 0 Å². The molecule has 4 nitrogen and oxygen atoms in total. The lowest BCUT2D eigenvalue weighted by Crippen LogP contribution is -2.21. The van der Waals surface area contributed by atoms with Gasteiger partial charge in [0.15, 0.2) is 5.82 Å². The number of nitrogens with zero attached hydrogens (tertiary/aromatic N) is 2. The molecule has 0 spiro atoms. The summed E-state index contributed by atoms with van der Waals surface area (Å²) in [7, 11) is 1.98. The van der Waals surface area contributed by atoms with Crippen molar-refractivity contribution in [3.63, 3.8) is 0 Å². The van der Waals surface area contributed by atoms with E-state index in [2.05, 4.69) is 46.6 Å². The molecule has 2 atom stereocenters. The van der Waals surface area contributed by atoms with Crippen molar-refractivity contribution in [2.24, 2.45) is 0 Å². The first-order chi connectivity index (χ1) is 10.3. The van der Waals surface area contributed by atoms with Gasteiger partial charge < -0.3 is 9.84 Å². The quantitative estimate of drug-likeness (QED) is 0.917. The molecule has 1 N–H and O–H groups in total. The minimum atomic E-state index is 0.300. The third kappa shape index (κ3) is 3.16. The van der Waals surface area contributed by atoms with Gasteiger partial charge in [-0.05, 0) is 50.8 Å². The molecular formula is C17H23N3O. The summed E-state index contributed by atoms with van der Waals surface area (Å²) >= 11 is 0. The summed E-state index contributed by atoms with van der Waals surface area (Å²) in [5.74, 6) is 1.92. The van der Waals surface area contributed by atoms with Crippen LogP contribution in [0.3, 0.4) is 0 Å². The van der Waals surface area contributed by atoms with Crippen LogP contribution in [0.15, 0.2) is 28.8 Å². The molecule has 1 aliphatic rings. The smallest absolute Gasteiger partial charge is 0.226 e. The van der Waals surface area contributed by atoms with E-state index in [1.807, 2.05) is 7.05 Å². The van der Waals surface area contributed by atoms with Crippen LogP contribution < -0.4 is 5.32 Å². The van der Waals surface area contributed by atoms with E-state index < -0.39 is 0 Å². The Morgan fingerprint density at radius 3 is 3.10 bits per heavy atom. The highest BCUT2D eigenvalue weighted by Gasteiger charge is 2.25. The van der Waals surface area contributed by atoms with Crippen LogP contribution in [0, 0.1) is 0 Å². The van der Waals surface area contributed by atoms with E-state index in [1.165, 1.54) is 17.5 Å². The topological polar surface area (TPSA) is 51.0 Å². The molecule has 2 aromatic rings. The van der Waals surface area contributed by atoms with Gasteiger partial charge in [-0.25, -0.2) is 0 Å². The van der Waals surface area contributed by atoms with Crippen molar-refractivity contribution in [1.82, 2.24) is 15.5 Å². The van der Waals surface area contributed by atoms with Gasteiger partial charge in [-0.2, -0.15) is 4.98 Å². The summed E-state index contributed by atoms with van der Waals surface area (Å²) in [6.45, 7) is 2.16. The van der Waals surface area contributed by atoms with Crippen molar-refractivity contribution >= 4 is 0 Å². The zero-order valence-electron chi connectivity index (χ0n) is 12.8. The van der Waals surface area contributed by atoms with Crippen LogP contribution in [0.2, 0.25) is 0 Å². The maximum atomic E-state index is 5.44.